The quantitative estimate of drug-likeness (QED) is 0.350. The standard InChI is InChI=1S/C9H20N2/c1-4-6-8(3)9(11-10)7-5-2/h5,8-9,11H,2,4,6-7,10H2,1,3H3. The van der Waals surface area contributed by atoms with Crippen LogP contribution in [0.2, 0.25) is 0 Å². The van der Waals surface area contributed by atoms with Crippen LogP contribution in [0, 0.1) is 5.92 Å². The molecule has 0 radical (unpaired) electrons. The van der Waals surface area contributed by atoms with Crippen LogP contribution in [0.25, 0.3) is 0 Å². The fourth-order valence-corrected chi connectivity index (χ4v) is 1.30. The molecule has 2 atom stereocenters. The molecule has 0 aromatic rings. The molecule has 66 valence electrons. The Bertz CT molecular complexity index is 102. The number of hydrazine groups is 1. The number of hydrogen-bond acceptors (Lipinski definition) is 2. The fourth-order valence-electron chi connectivity index (χ4n) is 1.30. The highest BCUT2D eigenvalue weighted by Gasteiger charge is 2.12. The van der Waals surface area contributed by atoms with Gasteiger partial charge < -0.3 is 0 Å². The summed E-state index contributed by atoms with van der Waals surface area (Å²) in [6.45, 7) is 8.11. The van der Waals surface area contributed by atoms with Crippen molar-refractivity contribution in [2.24, 2.45) is 11.8 Å². The molecule has 0 aliphatic heterocycles. The lowest BCUT2D eigenvalue weighted by molar-refractivity contribution is 0.361. The lowest BCUT2D eigenvalue weighted by Crippen LogP contribution is -2.39. The van der Waals surface area contributed by atoms with Crippen molar-refractivity contribution in [1.82, 2.24) is 5.43 Å². The normalized spacial score (nSPS) is 15.9. The van der Waals surface area contributed by atoms with E-state index in [0.29, 0.717) is 12.0 Å². The predicted octanol–water partition coefficient (Wildman–Crippen LogP) is 1.83. The molecule has 0 fully saturated rings. The van der Waals surface area contributed by atoms with E-state index in [1.54, 1.807) is 0 Å². The first-order valence-electron chi connectivity index (χ1n) is 4.33. The summed E-state index contributed by atoms with van der Waals surface area (Å²) >= 11 is 0. The van der Waals surface area contributed by atoms with Crippen LogP contribution in [0.5, 0.6) is 0 Å². The van der Waals surface area contributed by atoms with Crippen molar-refractivity contribution in [3.8, 4) is 0 Å². The molecule has 11 heavy (non-hydrogen) atoms. The highest BCUT2D eigenvalue weighted by molar-refractivity contribution is 4.79. The molecule has 0 rings (SSSR count). The summed E-state index contributed by atoms with van der Waals surface area (Å²) < 4.78 is 0. The van der Waals surface area contributed by atoms with E-state index in [0.717, 1.165) is 6.42 Å². The van der Waals surface area contributed by atoms with E-state index in [1.807, 2.05) is 6.08 Å². The Hall–Kier alpha value is -0.340. The molecule has 0 bridgehead atoms. The summed E-state index contributed by atoms with van der Waals surface area (Å²) in [7, 11) is 0. The van der Waals surface area contributed by atoms with E-state index in [4.69, 9.17) is 5.84 Å². The van der Waals surface area contributed by atoms with Crippen molar-refractivity contribution in [3.05, 3.63) is 12.7 Å². The molecule has 2 unspecified atom stereocenters. The van der Waals surface area contributed by atoms with E-state index >= 15 is 0 Å². The second-order valence-electron chi connectivity index (χ2n) is 3.06. The SMILES string of the molecule is C=CCC(NN)C(C)CCC. The monoisotopic (exact) mass is 156 g/mol. The Labute approximate surface area is 69.8 Å². The van der Waals surface area contributed by atoms with Gasteiger partial charge in [0.15, 0.2) is 0 Å². The van der Waals surface area contributed by atoms with Gasteiger partial charge in [0.1, 0.15) is 0 Å². The van der Waals surface area contributed by atoms with Crippen molar-refractivity contribution in [2.75, 3.05) is 0 Å². The zero-order valence-electron chi connectivity index (χ0n) is 7.64. The highest BCUT2D eigenvalue weighted by atomic mass is 15.2. The third-order valence-electron chi connectivity index (χ3n) is 2.07. The first-order chi connectivity index (χ1) is 5.26. The van der Waals surface area contributed by atoms with Crippen LogP contribution in [0.4, 0.5) is 0 Å². The third-order valence-corrected chi connectivity index (χ3v) is 2.07. The van der Waals surface area contributed by atoms with Crippen molar-refractivity contribution >= 4 is 0 Å². The molecule has 0 spiro atoms. The lowest BCUT2D eigenvalue weighted by atomic mass is 9.95. The van der Waals surface area contributed by atoms with Crippen LogP contribution in [-0.4, -0.2) is 6.04 Å². The van der Waals surface area contributed by atoms with Gasteiger partial charge in [-0.1, -0.05) is 26.3 Å². The van der Waals surface area contributed by atoms with E-state index in [9.17, 15) is 0 Å². The molecular formula is C9H20N2. The first-order valence-corrected chi connectivity index (χ1v) is 4.33. The minimum Gasteiger partial charge on any atom is -0.271 e. The second kappa shape index (κ2) is 6.38. The Morgan fingerprint density at radius 2 is 2.27 bits per heavy atom. The Kier molecular flexibility index (Phi) is 6.18. The van der Waals surface area contributed by atoms with Crippen LogP contribution < -0.4 is 11.3 Å². The third kappa shape index (κ3) is 4.17. The fraction of sp³-hybridized carbons (Fsp3) is 0.778. The van der Waals surface area contributed by atoms with Gasteiger partial charge in [-0.15, -0.1) is 6.58 Å². The molecule has 0 saturated heterocycles. The molecular weight excluding hydrogens is 136 g/mol. The predicted molar refractivity (Wildman–Crippen MR) is 50.0 cm³/mol. The minimum atomic E-state index is 0.396. The number of hydrogen-bond donors (Lipinski definition) is 2. The minimum absolute atomic E-state index is 0.396. The smallest absolute Gasteiger partial charge is 0.0270 e. The van der Waals surface area contributed by atoms with Gasteiger partial charge in [-0.05, 0) is 18.8 Å². The van der Waals surface area contributed by atoms with E-state index < -0.39 is 0 Å². The van der Waals surface area contributed by atoms with Crippen molar-refractivity contribution in [1.29, 1.82) is 0 Å². The molecule has 0 aliphatic carbocycles. The summed E-state index contributed by atoms with van der Waals surface area (Å²) in [5.74, 6) is 6.03. The van der Waals surface area contributed by atoms with Crippen molar-refractivity contribution < 1.29 is 0 Å². The topological polar surface area (TPSA) is 38.0 Å². The van der Waals surface area contributed by atoms with Crippen LogP contribution in [-0.2, 0) is 0 Å². The number of nitrogens with two attached hydrogens (primary N) is 1. The lowest BCUT2D eigenvalue weighted by Gasteiger charge is -2.21. The summed E-state index contributed by atoms with van der Waals surface area (Å²) in [4.78, 5) is 0. The second-order valence-corrected chi connectivity index (χ2v) is 3.06. The average molecular weight is 156 g/mol. The van der Waals surface area contributed by atoms with Crippen LogP contribution >= 0.6 is 0 Å². The van der Waals surface area contributed by atoms with Gasteiger partial charge in [-0.3, -0.25) is 11.3 Å². The maximum absolute atomic E-state index is 5.39. The molecule has 2 nitrogen and oxygen atoms in total. The van der Waals surface area contributed by atoms with Gasteiger partial charge in [-0.25, -0.2) is 0 Å². The molecule has 0 heterocycles. The maximum atomic E-state index is 5.39. The van der Waals surface area contributed by atoms with Crippen LogP contribution in [0.15, 0.2) is 12.7 Å². The molecule has 0 aromatic heterocycles. The van der Waals surface area contributed by atoms with E-state index in [1.165, 1.54) is 12.8 Å². The van der Waals surface area contributed by atoms with E-state index in [-0.39, 0.29) is 0 Å². The van der Waals surface area contributed by atoms with Crippen LogP contribution in [0.1, 0.15) is 33.1 Å². The molecule has 0 amide bonds. The molecule has 0 saturated carbocycles. The summed E-state index contributed by atoms with van der Waals surface area (Å²) in [5, 5.41) is 0. The zero-order chi connectivity index (χ0) is 8.69. The summed E-state index contributed by atoms with van der Waals surface area (Å²) in [6, 6.07) is 0.396. The summed E-state index contributed by atoms with van der Waals surface area (Å²) in [5.41, 5.74) is 2.82. The van der Waals surface area contributed by atoms with Gasteiger partial charge in [-0.2, -0.15) is 0 Å². The molecule has 3 N–H and O–H groups in total. The van der Waals surface area contributed by atoms with E-state index in [2.05, 4.69) is 25.9 Å². The van der Waals surface area contributed by atoms with Gasteiger partial charge in [0, 0.05) is 6.04 Å². The van der Waals surface area contributed by atoms with Gasteiger partial charge in [0.05, 0.1) is 0 Å². The van der Waals surface area contributed by atoms with Gasteiger partial charge in [0.25, 0.3) is 0 Å². The zero-order valence-corrected chi connectivity index (χ0v) is 7.64. The average Bonchev–Trinajstić information content (AvgIpc) is 2.00. The first kappa shape index (κ1) is 10.7. The van der Waals surface area contributed by atoms with Crippen molar-refractivity contribution in [2.45, 2.75) is 39.2 Å². The Balaban J connectivity index is 3.70. The molecule has 0 aromatic carbocycles. The van der Waals surface area contributed by atoms with Gasteiger partial charge in [0.2, 0.25) is 0 Å². The Morgan fingerprint density at radius 3 is 2.64 bits per heavy atom. The highest BCUT2D eigenvalue weighted by Crippen LogP contribution is 2.12. The largest absolute Gasteiger partial charge is 0.271 e. The summed E-state index contributed by atoms with van der Waals surface area (Å²) in [6.07, 6.45) is 5.31. The maximum Gasteiger partial charge on any atom is 0.0270 e. The molecule has 2 heteroatoms. The number of nitrogens with one attached hydrogen (secondary N) is 1. The van der Waals surface area contributed by atoms with Crippen molar-refractivity contribution in [3.63, 3.8) is 0 Å². The van der Waals surface area contributed by atoms with Crippen LogP contribution in [0.3, 0.4) is 0 Å². The Morgan fingerprint density at radius 1 is 1.64 bits per heavy atom. The van der Waals surface area contributed by atoms with Gasteiger partial charge >= 0.3 is 0 Å². The number of rotatable bonds is 6. The molecule has 0 aliphatic rings.